The molecule has 0 rings (SSSR count). The van der Waals surface area contributed by atoms with Gasteiger partial charge in [-0.15, -0.1) is 0 Å². The molecule has 0 aromatic carbocycles. The van der Waals surface area contributed by atoms with Crippen LogP contribution in [0.1, 0.15) is 343 Å². The van der Waals surface area contributed by atoms with Crippen LogP contribution in [0.25, 0.3) is 0 Å². The Bertz CT molecular complexity index is 1700. The average molecular weight is 1280 g/mol. The van der Waals surface area contributed by atoms with E-state index in [4.69, 9.17) is 37.0 Å². The van der Waals surface area contributed by atoms with E-state index in [-0.39, 0.29) is 25.7 Å². The summed E-state index contributed by atoms with van der Waals surface area (Å²) in [6.45, 7) is 9.46. The van der Waals surface area contributed by atoms with Crippen LogP contribution >= 0.6 is 15.6 Å². The zero-order chi connectivity index (χ0) is 64.3. The molecule has 0 spiro atoms. The lowest BCUT2D eigenvalue weighted by atomic mass is 10.0. The third-order valence-electron chi connectivity index (χ3n) is 15.7. The van der Waals surface area contributed by atoms with E-state index in [1.165, 1.54) is 161 Å². The average Bonchev–Trinajstić information content (AvgIpc) is 3.60. The Hall–Kier alpha value is -1.94. The van der Waals surface area contributed by atoms with Crippen molar-refractivity contribution in [1.29, 1.82) is 0 Å². The maximum atomic E-state index is 13.0. The molecule has 3 N–H and O–H groups in total. The fourth-order valence-corrected chi connectivity index (χ4v) is 11.8. The van der Waals surface area contributed by atoms with Gasteiger partial charge in [0.15, 0.2) is 12.2 Å². The summed E-state index contributed by atoms with van der Waals surface area (Å²) in [7, 11) is -9.89. The Morgan fingerprint density at radius 2 is 0.529 bits per heavy atom. The molecule has 87 heavy (non-hydrogen) atoms. The lowest BCUT2D eigenvalue weighted by Gasteiger charge is -2.21. The quantitative estimate of drug-likeness (QED) is 0.0222. The minimum atomic E-state index is -4.95. The van der Waals surface area contributed by atoms with Crippen LogP contribution in [0.15, 0.2) is 0 Å². The van der Waals surface area contributed by atoms with Gasteiger partial charge >= 0.3 is 39.5 Å². The minimum Gasteiger partial charge on any atom is -0.462 e. The summed E-state index contributed by atoms with van der Waals surface area (Å²) in [5.74, 6) is -0.667. The van der Waals surface area contributed by atoms with Crippen molar-refractivity contribution in [3.8, 4) is 0 Å². The first-order valence-corrected chi connectivity index (χ1v) is 38.5. The molecule has 0 aliphatic rings. The van der Waals surface area contributed by atoms with Gasteiger partial charge in [-0.05, 0) is 37.5 Å². The SMILES string of the molecule is CCCCCCCCCCCCCCCC(=O)OC[C@H](COP(=O)(O)OC[C@@H](O)COP(=O)(O)OC[C@@H](COC(=O)CCCCCCCCCCCC)OC(=O)CCCCCCCCCC(C)C)OC(=O)CCCCCCCCCCCCCC(C)C. The van der Waals surface area contributed by atoms with Gasteiger partial charge in [-0.2, -0.15) is 0 Å². The van der Waals surface area contributed by atoms with E-state index in [0.717, 1.165) is 95.8 Å². The highest BCUT2D eigenvalue weighted by molar-refractivity contribution is 7.47. The van der Waals surface area contributed by atoms with Gasteiger partial charge in [0.2, 0.25) is 0 Å². The third-order valence-corrected chi connectivity index (χ3v) is 17.6. The van der Waals surface area contributed by atoms with E-state index in [1.54, 1.807) is 0 Å². The maximum absolute atomic E-state index is 13.0. The Balaban J connectivity index is 5.24. The van der Waals surface area contributed by atoms with Crippen LogP contribution in [-0.4, -0.2) is 96.7 Å². The van der Waals surface area contributed by atoms with Gasteiger partial charge in [-0.25, -0.2) is 9.13 Å². The summed E-state index contributed by atoms with van der Waals surface area (Å²) in [5, 5.41) is 10.6. The molecule has 0 aromatic heterocycles. The number of aliphatic hydroxyl groups excluding tert-OH is 1. The fourth-order valence-electron chi connectivity index (χ4n) is 10.2. The predicted molar refractivity (Wildman–Crippen MR) is 349 cm³/mol. The maximum Gasteiger partial charge on any atom is 0.472 e. The first-order chi connectivity index (χ1) is 41.9. The van der Waals surface area contributed by atoms with Gasteiger partial charge in [0.05, 0.1) is 26.4 Å². The second-order valence-electron chi connectivity index (χ2n) is 25.5. The third kappa shape index (κ3) is 62.6. The molecule has 0 saturated heterocycles. The number of hydrogen-bond donors (Lipinski definition) is 3. The molecule has 17 nitrogen and oxygen atoms in total. The highest BCUT2D eigenvalue weighted by Gasteiger charge is 2.30. The van der Waals surface area contributed by atoms with E-state index in [9.17, 15) is 43.2 Å². The van der Waals surface area contributed by atoms with Crippen molar-refractivity contribution < 1.29 is 80.2 Å². The first-order valence-electron chi connectivity index (χ1n) is 35.5. The van der Waals surface area contributed by atoms with Crippen LogP contribution in [-0.2, 0) is 65.4 Å². The molecule has 19 heteroatoms. The Labute approximate surface area is 530 Å². The van der Waals surface area contributed by atoms with Crippen molar-refractivity contribution in [2.45, 2.75) is 362 Å². The molecular weight excluding hydrogens is 1150 g/mol. The molecule has 0 fully saturated rings. The first kappa shape index (κ1) is 85.1. The number of phosphoric ester groups is 2. The molecule has 0 radical (unpaired) electrons. The summed E-state index contributed by atoms with van der Waals surface area (Å²) < 4.78 is 68.2. The van der Waals surface area contributed by atoms with Crippen LogP contribution in [0, 0.1) is 11.8 Å². The number of hydrogen-bond acceptors (Lipinski definition) is 15. The summed E-state index contributed by atoms with van der Waals surface area (Å²) in [5.41, 5.74) is 0. The van der Waals surface area contributed by atoms with Crippen molar-refractivity contribution >= 4 is 39.5 Å². The lowest BCUT2D eigenvalue weighted by molar-refractivity contribution is -0.161. The lowest BCUT2D eigenvalue weighted by Crippen LogP contribution is -2.30. The Kier molecular flexibility index (Phi) is 59.0. The monoisotopic (exact) mass is 1280 g/mol. The Morgan fingerprint density at radius 3 is 0.782 bits per heavy atom. The van der Waals surface area contributed by atoms with Crippen LogP contribution in [0.3, 0.4) is 0 Å². The van der Waals surface area contributed by atoms with E-state index < -0.39 is 97.5 Å². The number of phosphoric acid groups is 2. The number of unbranched alkanes of at least 4 members (excludes halogenated alkanes) is 37. The van der Waals surface area contributed by atoms with Gasteiger partial charge < -0.3 is 33.8 Å². The summed E-state index contributed by atoms with van der Waals surface area (Å²) in [6.07, 6.45) is 44.4. The van der Waals surface area contributed by atoms with Crippen LogP contribution in [0.2, 0.25) is 0 Å². The van der Waals surface area contributed by atoms with Crippen molar-refractivity contribution in [1.82, 2.24) is 0 Å². The Morgan fingerprint density at radius 1 is 0.310 bits per heavy atom. The fraction of sp³-hybridized carbons (Fsp3) is 0.941. The topological polar surface area (TPSA) is 237 Å². The molecule has 516 valence electrons. The second kappa shape index (κ2) is 60.3. The number of ether oxygens (including phenoxy) is 4. The molecule has 0 bridgehead atoms. The van der Waals surface area contributed by atoms with Crippen molar-refractivity contribution in [3.63, 3.8) is 0 Å². The second-order valence-corrected chi connectivity index (χ2v) is 28.4. The highest BCUT2D eigenvalue weighted by atomic mass is 31.2. The van der Waals surface area contributed by atoms with E-state index in [2.05, 4.69) is 41.5 Å². The van der Waals surface area contributed by atoms with Crippen molar-refractivity contribution in [2.24, 2.45) is 11.8 Å². The minimum absolute atomic E-state index is 0.104. The largest absolute Gasteiger partial charge is 0.472 e. The molecule has 0 aliphatic carbocycles. The smallest absolute Gasteiger partial charge is 0.462 e. The van der Waals surface area contributed by atoms with E-state index >= 15 is 0 Å². The summed E-state index contributed by atoms with van der Waals surface area (Å²) in [4.78, 5) is 72.4. The molecule has 0 amide bonds. The van der Waals surface area contributed by atoms with Crippen LogP contribution in [0.4, 0.5) is 0 Å². The van der Waals surface area contributed by atoms with Gasteiger partial charge in [-0.3, -0.25) is 37.3 Å². The van der Waals surface area contributed by atoms with Crippen LogP contribution < -0.4 is 0 Å². The number of aliphatic hydroxyl groups is 1. The molecule has 0 heterocycles. The number of carbonyl (C=O) groups is 4. The number of esters is 4. The van der Waals surface area contributed by atoms with Gasteiger partial charge in [0.25, 0.3) is 0 Å². The summed E-state index contributed by atoms with van der Waals surface area (Å²) >= 11 is 0. The highest BCUT2D eigenvalue weighted by Crippen LogP contribution is 2.45. The van der Waals surface area contributed by atoms with E-state index in [1.807, 2.05) is 0 Å². The zero-order valence-electron chi connectivity index (χ0n) is 56.3. The van der Waals surface area contributed by atoms with E-state index in [0.29, 0.717) is 31.6 Å². The normalized spacial score (nSPS) is 14.2. The zero-order valence-corrected chi connectivity index (χ0v) is 58.1. The van der Waals surface area contributed by atoms with Crippen LogP contribution in [0.5, 0.6) is 0 Å². The molecule has 2 unspecified atom stereocenters. The predicted octanol–water partition coefficient (Wildman–Crippen LogP) is 19.2. The summed E-state index contributed by atoms with van der Waals surface area (Å²) in [6, 6.07) is 0. The molecule has 0 saturated carbocycles. The molecule has 5 atom stereocenters. The van der Waals surface area contributed by atoms with Gasteiger partial charge in [0, 0.05) is 25.7 Å². The number of carbonyl (C=O) groups excluding carboxylic acids is 4. The standard InChI is InChI=1S/C68H132O17P2/c1-7-9-11-13-15-17-19-20-23-27-33-39-45-51-66(71)79-56-63(84-67(72)52-46-40-34-28-24-21-22-25-30-36-42-48-60(3)4)58-82-86(74,75)80-54-62(69)55-81-87(76,77)83-59-64(85-68(73)53-47-41-35-29-31-37-43-49-61(5)6)57-78-65(70)50-44-38-32-26-18-16-14-12-10-8-2/h60-64,69H,7-59H2,1-6H3,(H,74,75)(H,76,77)/t62-,63-,64-/m1/s1. The molecule has 0 aromatic rings. The molecular formula is C68H132O17P2. The van der Waals surface area contributed by atoms with Gasteiger partial charge in [0.1, 0.15) is 19.3 Å². The molecule has 0 aliphatic heterocycles. The van der Waals surface area contributed by atoms with Gasteiger partial charge in [-0.1, -0.05) is 292 Å². The number of rotatable bonds is 67. The van der Waals surface area contributed by atoms with Crippen molar-refractivity contribution in [2.75, 3.05) is 39.6 Å². The van der Waals surface area contributed by atoms with Crippen molar-refractivity contribution in [3.05, 3.63) is 0 Å².